The van der Waals surface area contributed by atoms with Gasteiger partial charge in [0.2, 0.25) is 5.91 Å². The molecular formula is C17H24N4O2. The Balaban J connectivity index is 1.59. The van der Waals surface area contributed by atoms with E-state index in [1.54, 1.807) is 11.9 Å². The SMILES string of the molecule is CN1C[C@@H](NC(=O)Nc2ccc3c(c2)CCCN3C)CCC1=O. The van der Waals surface area contributed by atoms with Gasteiger partial charge in [-0.1, -0.05) is 0 Å². The largest absolute Gasteiger partial charge is 0.374 e. The number of benzene rings is 1. The molecule has 2 heterocycles. The van der Waals surface area contributed by atoms with Crippen LogP contribution in [0.5, 0.6) is 0 Å². The van der Waals surface area contributed by atoms with Crippen LogP contribution < -0.4 is 15.5 Å². The van der Waals surface area contributed by atoms with Crippen molar-refractivity contribution in [3.05, 3.63) is 23.8 Å². The van der Waals surface area contributed by atoms with Gasteiger partial charge in [-0.25, -0.2) is 4.79 Å². The lowest BCUT2D eigenvalue weighted by molar-refractivity contribution is -0.132. The summed E-state index contributed by atoms with van der Waals surface area (Å²) in [6.07, 6.45) is 3.38. The second kappa shape index (κ2) is 6.48. The second-order valence-electron chi connectivity index (χ2n) is 6.48. The summed E-state index contributed by atoms with van der Waals surface area (Å²) >= 11 is 0. The van der Waals surface area contributed by atoms with Crippen molar-refractivity contribution < 1.29 is 9.59 Å². The third kappa shape index (κ3) is 3.57. The normalized spacial score (nSPS) is 21.0. The quantitative estimate of drug-likeness (QED) is 0.874. The number of carbonyl (C=O) groups excluding carboxylic acids is 2. The van der Waals surface area contributed by atoms with Crippen molar-refractivity contribution in [1.29, 1.82) is 0 Å². The molecular weight excluding hydrogens is 292 g/mol. The van der Waals surface area contributed by atoms with Gasteiger partial charge in [0.15, 0.2) is 0 Å². The fraction of sp³-hybridized carbons (Fsp3) is 0.529. The summed E-state index contributed by atoms with van der Waals surface area (Å²) in [6, 6.07) is 5.87. The van der Waals surface area contributed by atoms with Gasteiger partial charge in [0.05, 0.1) is 0 Å². The molecule has 2 aliphatic rings. The van der Waals surface area contributed by atoms with Gasteiger partial charge in [0, 0.05) is 51.0 Å². The number of hydrogen-bond acceptors (Lipinski definition) is 3. The zero-order valence-corrected chi connectivity index (χ0v) is 13.8. The first-order valence-corrected chi connectivity index (χ1v) is 8.18. The molecule has 124 valence electrons. The number of urea groups is 1. The minimum absolute atomic E-state index is 0.0152. The molecule has 2 N–H and O–H groups in total. The highest BCUT2D eigenvalue weighted by molar-refractivity contribution is 5.90. The molecule has 0 bridgehead atoms. The molecule has 23 heavy (non-hydrogen) atoms. The van der Waals surface area contributed by atoms with Crippen molar-refractivity contribution >= 4 is 23.3 Å². The predicted molar refractivity (Wildman–Crippen MR) is 90.8 cm³/mol. The van der Waals surface area contributed by atoms with Crippen molar-refractivity contribution in [2.24, 2.45) is 0 Å². The Hall–Kier alpha value is -2.24. The fourth-order valence-corrected chi connectivity index (χ4v) is 3.35. The van der Waals surface area contributed by atoms with E-state index in [1.807, 2.05) is 6.07 Å². The maximum atomic E-state index is 12.2. The van der Waals surface area contributed by atoms with Gasteiger partial charge >= 0.3 is 6.03 Å². The average molecular weight is 316 g/mol. The van der Waals surface area contributed by atoms with Gasteiger partial charge in [0.25, 0.3) is 0 Å². The lowest BCUT2D eigenvalue weighted by Crippen LogP contribution is -2.49. The van der Waals surface area contributed by atoms with E-state index in [1.165, 1.54) is 11.3 Å². The Morgan fingerprint density at radius 1 is 1.22 bits per heavy atom. The summed E-state index contributed by atoms with van der Waals surface area (Å²) in [6.45, 7) is 1.65. The molecule has 1 aromatic rings. The lowest BCUT2D eigenvalue weighted by atomic mass is 10.0. The van der Waals surface area contributed by atoms with Crippen molar-refractivity contribution in [3.8, 4) is 0 Å². The number of anilines is 2. The Morgan fingerprint density at radius 3 is 2.83 bits per heavy atom. The van der Waals surface area contributed by atoms with E-state index in [9.17, 15) is 9.59 Å². The van der Waals surface area contributed by atoms with Crippen LogP contribution in [0.2, 0.25) is 0 Å². The maximum Gasteiger partial charge on any atom is 0.319 e. The molecule has 1 fully saturated rings. The number of rotatable bonds is 2. The highest BCUT2D eigenvalue weighted by Crippen LogP contribution is 2.28. The number of nitrogens with zero attached hydrogens (tertiary/aromatic N) is 2. The van der Waals surface area contributed by atoms with Crippen molar-refractivity contribution in [2.75, 3.05) is 37.4 Å². The molecule has 0 saturated carbocycles. The molecule has 0 radical (unpaired) electrons. The first kappa shape index (κ1) is 15.6. The highest BCUT2D eigenvalue weighted by Gasteiger charge is 2.24. The molecule has 0 aromatic heterocycles. The number of carbonyl (C=O) groups is 2. The molecule has 0 spiro atoms. The minimum atomic E-state index is -0.207. The van der Waals surface area contributed by atoms with Gasteiger partial charge in [-0.2, -0.15) is 0 Å². The number of hydrogen-bond donors (Lipinski definition) is 2. The summed E-state index contributed by atoms with van der Waals surface area (Å²) in [4.78, 5) is 27.6. The maximum absolute atomic E-state index is 12.2. The smallest absolute Gasteiger partial charge is 0.319 e. The van der Waals surface area contributed by atoms with Gasteiger partial charge < -0.3 is 20.4 Å². The molecule has 1 aromatic carbocycles. The van der Waals surface area contributed by atoms with Gasteiger partial charge in [-0.15, -0.1) is 0 Å². The number of likely N-dealkylation sites (tertiary alicyclic amines) is 1. The Kier molecular flexibility index (Phi) is 4.41. The van der Waals surface area contributed by atoms with Crippen LogP contribution in [0.1, 0.15) is 24.8 Å². The lowest BCUT2D eigenvalue weighted by Gasteiger charge is -2.30. The van der Waals surface area contributed by atoms with Gasteiger partial charge in [-0.3, -0.25) is 4.79 Å². The van der Waals surface area contributed by atoms with E-state index in [2.05, 4.69) is 34.7 Å². The summed E-state index contributed by atoms with van der Waals surface area (Å²) < 4.78 is 0. The Bertz CT molecular complexity index is 617. The molecule has 2 aliphatic heterocycles. The monoisotopic (exact) mass is 316 g/mol. The van der Waals surface area contributed by atoms with Crippen LogP contribution in [0.15, 0.2) is 18.2 Å². The van der Waals surface area contributed by atoms with Crippen LogP contribution in [0.25, 0.3) is 0 Å². The molecule has 6 nitrogen and oxygen atoms in total. The van der Waals surface area contributed by atoms with Crippen LogP contribution in [-0.2, 0) is 11.2 Å². The summed E-state index contributed by atoms with van der Waals surface area (Å²) in [5, 5.41) is 5.86. The van der Waals surface area contributed by atoms with Crippen LogP contribution in [-0.4, -0.2) is 50.1 Å². The van der Waals surface area contributed by atoms with Crippen LogP contribution >= 0.6 is 0 Å². The number of amides is 3. The van der Waals surface area contributed by atoms with E-state index in [0.717, 1.165) is 25.1 Å². The summed E-state index contributed by atoms with van der Waals surface area (Å²) in [5.74, 6) is 0.141. The van der Waals surface area contributed by atoms with Gasteiger partial charge in [-0.05, 0) is 43.0 Å². The third-order valence-corrected chi connectivity index (χ3v) is 4.65. The predicted octanol–water partition coefficient (Wildman–Crippen LogP) is 1.81. The standard InChI is InChI=1S/C17H24N4O2/c1-20-9-3-4-12-10-13(5-7-15(12)20)18-17(23)19-14-6-8-16(22)21(2)11-14/h5,7,10,14H,3-4,6,8-9,11H2,1-2H3,(H2,18,19,23)/t14-/m0/s1. The zero-order chi connectivity index (χ0) is 16.4. The van der Waals surface area contributed by atoms with E-state index in [-0.39, 0.29) is 18.0 Å². The topological polar surface area (TPSA) is 64.7 Å². The molecule has 0 unspecified atom stereocenters. The van der Waals surface area contributed by atoms with Crippen LogP contribution in [0, 0.1) is 0 Å². The van der Waals surface area contributed by atoms with Crippen molar-refractivity contribution in [2.45, 2.75) is 31.7 Å². The average Bonchev–Trinajstić information content (AvgIpc) is 2.51. The molecule has 0 aliphatic carbocycles. The van der Waals surface area contributed by atoms with E-state index in [4.69, 9.17) is 0 Å². The number of aryl methyl sites for hydroxylation is 1. The number of nitrogens with one attached hydrogen (secondary N) is 2. The molecule has 1 atom stereocenters. The Labute approximate surface area is 136 Å². The zero-order valence-electron chi connectivity index (χ0n) is 13.8. The summed E-state index contributed by atoms with van der Waals surface area (Å²) in [5.41, 5.74) is 3.34. The van der Waals surface area contributed by atoms with Gasteiger partial charge in [0.1, 0.15) is 0 Å². The van der Waals surface area contributed by atoms with E-state index >= 15 is 0 Å². The van der Waals surface area contributed by atoms with Crippen molar-refractivity contribution in [1.82, 2.24) is 10.2 Å². The molecule has 6 heteroatoms. The van der Waals surface area contributed by atoms with Crippen LogP contribution in [0.3, 0.4) is 0 Å². The second-order valence-corrected chi connectivity index (χ2v) is 6.48. The first-order chi connectivity index (χ1) is 11.0. The number of likely N-dealkylation sites (N-methyl/N-ethyl adjacent to an activating group) is 1. The third-order valence-electron chi connectivity index (χ3n) is 4.65. The van der Waals surface area contributed by atoms with Crippen LogP contribution in [0.4, 0.5) is 16.2 Å². The molecule has 3 rings (SSSR count). The molecule has 3 amide bonds. The summed E-state index contributed by atoms with van der Waals surface area (Å²) in [7, 11) is 3.87. The Morgan fingerprint density at radius 2 is 2.04 bits per heavy atom. The fourth-order valence-electron chi connectivity index (χ4n) is 3.35. The van der Waals surface area contributed by atoms with Crippen molar-refractivity contribution in [3.63, 3.8) is 0 Å². The first-order valence-electron chi connectivity index (χ1n) is 8.18. The number of piperidine rings is 1. The molecule has 1 saturated heterocycles. The highest BCUT2D eigenvalue weighted by atomic mass is 16.2. The van der Waals surface area contributed by atoms with E-state index in [0.29, 0.717) is 19.4 Å². The minimum Gasteiger partial charge on any atom is -0.374 e. The van der Waals surface area contributed by atoms with E-state index < -0.39 is 0 Å². The number of fused-ring (bicyclic) bond motifs is 1.